The molecule has 2 N–H and O–H groups in total. The maximum Gasteiger partial charge on any atom is 0.258 e. The largest absolute Gasteiger partial charge is 0.497 e. The van der Waals surface area contributed by atoms with Gasteiger partial charge < -0.3 is 24.8 Å². The van der Waals surface area contributed by atoms with Gasteiger partial charge in [-0.15, -0.1) is 0 Å². The minimum absolute atomic E-state index is 0.145. The van der Waals surface area contributed by atoms with Crippen molar-refractivity contribution in [2.45, 2.75) is 13.0 Å². The number of methoxy groups -OCH3 is 2. The van der Waals surface area contributed by atoms with Crippen molar-refractivity contribution in [2.75, 3.05) is 27.4 Å². The molecule has 1 atom stereocenters. The smallest absolute Gasteiger partial charge is 0.258 e. The van der Waals surface area contributed by atoms with Gasteiger partial charge in [-0.05, 0) is 37.3 Å². The van der Waals surface area contributed by atoms with Crippen molar-refractivity contribution in [1.82, 2.24) is 10.6 Å². The highest BCUT2D eigenvalue weighted by Gasteiger charge is 2.16. The van der Waals surface area contributed by atoms with Gasteiger partial charge in [-0.1, -0.05) is 18.2 Å². The van der Waals surface area contributed by atoms with Crippen LogP contribution >= 0.6 is 0 Å². The van der Waals surface area contributed by atoms with E-state index in [1.54, 1.807) is 44.6 Å². The average Bonchev–Trinajstić information content (AvgIpc) is 2.70. The number of carbonyl (C=O) groups is 2. The van der Waals surface area contributed by atoms with Gasteiger partial charge in [0.1, 0.15) is 17.2 Å². The molecule has 7 nitrogen and oxygen atoms in total. The SMILES string of the molecule is COc1ccc(OC)c([C@H](C)NC(=O)CNC(=O)COc2ccccc2)c1. The van der Waals surface area contributed by atoms with Crippen LogP contribution in [0.2, 0.25) is 0 Å². The second-order valence-corrected chi connectivity index (χ2v) is 5.78. The summed E-state index contributed by atoms with van der Waals surface area (Å²) in [4.78, 5) is 23.9. The Morgan fingerprint density at radius 1 is 0.963 bits per heavy atom. The fourth-order valence-electron chi connectivity index (χ4n) is 2.44. The Kier molecular flexibility index (Phi) is 7.49. The van der Waals surface area contributed by atoms with Gasteiger partial charge in [0.25, 0.3) is 5.91 Å². The second-order valence-electron chi connectivity index (χ2n) is 5.78. The molecule has 0 saturated carbocycles. The molecule has 144 valence electrons. The van der Waals surface area contributed by atoms with Crippen LogP contribution in [0.1, 0.15) is 18.5 Å². The lowest BCUT2D eigenvalue weighted by molar-refractivity contribution is -0.127. The van der Waals surface area contributed by atoms with Crippen LogP contribution in [-0.4, -0.2) is 39.2 Å². The summed E-state index contributed by atoms with van der Waals surface area (Å²) in [5.41, 5.74) is 0.781. The zero-order chi connectivity index (χ0) is 19.6. The minimum Gasteiger partial charge on any atom is -0.497 e. The Labute approximate surface area is 158 Å². The third-order valence-electron chi connectivity index (χ3n) is 3.84. The van der Waals surface area contributed by atoms with Crippen molar-refractivity contribution in [1.29, 1.82) is 0 Å². The van der Waals surface area contributed by atoms with E-state index in [1.807, 2.05) is 25.1 Å². The molecule has 0 aliphatic rings. The van der Waals surface area contributed by atoms with Gasteiger partial charge in [-0.25, -0.2) is 0 Å². The van der Waals surface area contributed by atoms with Crippen molar-refractivity contribution >= 4 is 11.8 Å². The molecule has 0 spiro atoms. The van der Waals surface area contributed by atoms with E-state index >= 15 is 0 Å². The van der Waals surface area contributed by atoms with Crippen LogP contribution in [0, 0.1) is 0 Å². The molecular weight excluding hydrogens is 348 g/mol. The van der Waals surface area contributed by atoms with Crippen LogP contribution in [0.5, 0.6) is 17.2 Å². The fourth-order valence-corrected chi connectivity index (χ4v) is 2.44. The van der Waals surface area contributed by atoms with E-state index in [2.05, 4.69) is 10.6 Å². The van der Waals surface area contributed by atoms with Crippen LogP contribution in [0.3, 0.4) is 0 Å². The molecule has 0 saturated heterocycles. The standard InChI is InChI=1S/C20H24N2O5/c1-14(17-11-16(25-2)9-10-18(17)26-3)22-19(23)12-21-20(24)13-27-15-7-5-4-6-8-15/h4-11,14H,12-13H2,1-3H3,(H,21,24)(H,22,23)/t14-/m0/s1. The van der Waals surface area contributed by atoms with Crippen LogP contribution in [0.4, 0.5) is 0 Å². The van der Waals surface area contributed by atoms with E-state index in [0.29, 0.717) is 17.2 Å². The summed E-state index contributed by atoms with van der Waals surface area (Å²) in [6.45, 7) is 1.53. The number of rotatable bonds is 9. The zero-order valence-electron chi connectivity index (χ0n) is 15.7. The molecule has 0 unspecified atom stereocenters. The molecule has 27 heavy (non-hydrogen) atoms. The number of nitrogens with one attached hydrogen (secondary N) is 2. The van der Waals surface area contributed by atoms with Gasteiger partial charge in [0.2, 0.25) is 5.91 Å². The summed E-state index contributed by atoms with van der Waals surface area (Å²) in [6.07, 6.45) is 0. The molecule has 2 aromatic carbocycles. The van der Waals surface area contributed by atoms with Gasteiger partial charge in [-0.2, -0.15) is 0 Å². The van der Waals surface area contributed by atoms with Crippen molar-refractivity contribution in [3.05, 3.63) is 54.1 Å². The molecule has 0 aliphatic carbocycles. The van der Waals surface area contributed by atoms with E-state index in [4.69, 9.17) is 14.2 Å². The lowest BCUT2D eigenvalue weighted by Gasteiger charge is -2.18. The van der Waals surface area contributed by atoms with Crippen molar-refractivity contribution < 1.29 is 23.8 Å². The number of para-hydroxylation sites is 1. The Morgan fingerprint density at radius 2 is 1.70 bits per heavy atom. The Bertz CT molecular complexity index is 764. The second kappa shape index (κ2) is 10.1. The topological polar surface area (TPSA) is 85.9 Å². The van der Waals surface area contributed by atoms with Crippen LogP contribution < -0.4 is 24.8 Å². The van der Waals surface area contributed by atoms with Gasteiger partial charge >= 0.3 is 0 Å². The first-order valence-electron chi connectivity index (χ1n) is 8.49. The maximum atomic E-state index is 12.1. The number of benzene rings is 2. The first-order valence-corrected chi connectivity index (χ1v) is 8.49. The molecule has 0 bridgehead atoms. The van der Waals surface area contributed by atoms with Gasteiger partial charge in [0.15, 0.2) is 6.61 Å². The van der Waals surface area contributed by atoms with Gasteiger partial charge in [0.05, 0.1) is 26.8 Å². The molecule has 0 aromatic heterocycles. The van der Waals surface area contributed by atoms with Crippen molar-refractivity contribution in [3.63, 3.8) is 0 Å². The Hall–Kier alpha value is -3.22. The molecule has 0 radical (unpaired) electrons. The maximum absolute atomic E-state index is 12.1. The molecular formula is C20H24N2O5. The number of hydrogen-bond acceptors (Lipinski definition) is 5. The number of ether oxygens (including phenoxy) is 3. The monoisotopic (exact) mass is 372 g/mol. The number of hydrogen-bond donors (Lipinski definition) is 2. The lowest BCUT2D eigenvalue weighted by atomic mass is 10.1. The predicted octanol–water partition coefficient (Wildman–Crippen LogP) is 2.08. The normalized spacial score (nSPS) is 11.2. The Balaban J connectivity index is 1.82. The number of carbonyl (C=O) groups excluding carboxylic acids is 2. The number of amides is 2. The van der Waals surface area contributed by atoms with Gasteiger partial charge in [0, 0.05) is 5.56 Å². The van der Waals surface area contributed by atoms with Crippen LogP contribution in [0.25, 0.3) is 0 Å². The van der Waals surface area contributed by atoms with Crippen molar-refractivity contribution in [2.24, 2.45) is 0 Å². The fraction of sp³-hybridized carbons (Fsp3) is 0.300. The predicted molar refractivity (Wildman–Crippen MR) is 101 cm³/mol. The van der Waals surface area contributed by atoms with E-state index in [0.717, 1.165) is 5.56 Å². The highest BCUT2D eigenvalue weighted by Crippen LogP contribution is 2.29. The van der Waals surface area contributed by atoms with E-state index in [-0.39, 0.29) is 31.0 Å². The van der Waals surface area contributed by atoms with Crippen LogP contribution in [-0.2, 0) is 9.59 Å². The quantitative estimate of drug-likeness (QED) is 0.704. The molecule has 0 fully saturated rings. The summed E-state index contributed by atoms with van der Waals surface area (Å²) in [5, 5.41) is 5.35. The zero-order valence-corrected chi connectivity index (χ0v) is 15.7. The summed E-state index contributed by atoms with van der Waals surface area (Å²) in [5.74, 6) is 1.21. The third kappa shape index (κ3) is 6.22. The Morgan fingerprint density at radius 3 is 2.37 bits per heavy atom. The van der Waals surface area contributed by atoms with Crippen molar-refractivity contribution in [3.8, 4) is 17.2 Å². The molecule has 2 amide bonds. The highest BCUT2D eigenvalue weighted by atomic mass is 16.5. The third-order valence-corrected chi connectivity index (χ3v) is 3.84. The molecule has 2 rings (SSSR count). The summed E-state index contributed by atoms with van der Waals surface area (Å²) < 4.78 is 15.9. The van der Waals surface area contributed by atoms with E-state index in [9.17, 15) is 9.59 Å². The first kappa shape index (κ1) is 20.1. The summed E-state index contributed by atoms with van der Waals surface area (Å²) in [6, 6.07) is 14.0. The van der Waals surface area contributed by atoms with E-state index < -0.39 is 0 Å². The highest BCUT2D eigenvalue weighted by molar-refractivity contribution is 5.85. The summed E-state index contributed by atoms with van der Waals surface area (Å²) >= 11 is 0. The summed E-state index contributed by atoms with van der Waals surface area (Å²) in [7, 11) is 3.13. The molecule has 7 heteroatoms. The average molecular weight is 372 g/mol. The van der Waals surface area contributed by atoms with E-state index in [1.165, 1.54) is 0 Å². The molecule has 0 heterocycles. The minimum atomic E-state index is -0.374. The lowest BCUT2D eigenvalue weighted by Crippen LogP contribution is -2.39. The first-order chi connectivity index (χ1) is 13.0. The van der Waals surface area contributed by atoms with Gasteiger partial charge in [-0.3, -0.25) is 9.59 Å². The molecule has 2 aromatic rings. The van der Waals surface area contributed by atoms with Crippen LogP contribution in [0.15, 0.2) is 48.5 Å². The molecule has 0 aliphatic heterocycles.